The van der Waals surface area contributed by atoms with Gasteiger partial charge in [-0.3, -0.25) is 0 Å². The number of sulfone groups is 1. The number of thiazole rings is 1. The molecule has 0 aromatic carbocycles. The van der Waals surface area contributed by atoms with Crippen LogP contribution in [0, 0.1) is 5.92 Å². The second-order valence-corrected chi connectivity index (χ2v) is 9.62. The summed E-state index contributed by atoms with van der Waals surface area (Å²) in [6, 6.07) is 0. The first-order chi connectivity index (χ1) is 10.2. The van der Waals surface area contributed by atoms with Gasteiger partial charge in [-0.1, -0.05) is 0 Å². The Kier molecular flexibility index (Phi) is 5.11. The molecule has 0 saturated carbocycles. The number of likely N-dealkylation sites (tertiary alicyclic amines) is 1. The van der Waals surface area contributed by atoms with Crippen LogP contribution in [0.15, 0.2) is 15.9 Å². The highest BCUT2D eigenvalue weighted by Crippen LogP contribution is 2.24. The summed E-state index contributed by atoms with van der Waals surface area (Å²) in [6.45, 7) is 6.49. The van der Waals surface area contributed by atoms with Crippen molar-refractivity contribution >= 4 is 27.3 Å². The van der Waals surface area contributed by atoms with Gasteiger partial charge in [0.05, 0.1) is 5.75 Å². The van der Waals surface area contributed by atoms with Crippen molar-refractivity contribution in [2.45, 2.75) is 43.6 Å². The molecule has 1 atom stereocenters. The second-order valence-electron chi connectivity index (χ2n) is 6.51. The van der Waals surface area contributed by atoms with Crippen LogP contribution in [0.25, 0.3) is 0 Å². The van der Waals surface area contributed by atoms with Gasteiger partial charge in [0, 0.05) is 24.7 Å². The van der Waals surface area contributed by atoms with Crippen molar-refractivity contribution in [1.82, 2.24) is 9.88 Å². The molecule has 1 saturated heterocycles. The Hall–Kier alpha value is -1.15. The average molecular weight is 346 g/mol. The second kappa shape index (κ2) is 6.54. The van der Waals surface area contributed by atoms with Gasteiger partial charge in [-0.25, -0.2) is 18.2 Å². The standard InChI is InChI=1S/C14H22N2O4S2/c1-14(2,3)20-13(17)16-7-4-5-11(9-16)10-22(18,19)12-15-6-8-21-12/h6,8,11H,4-5,7,9-10H2,1-3H3/t11-/m1/s1. The molecule has 0 radical (unpaired) electrons. The number of hydrogen-bond donors (Lipinski definition) is 0. The van der Waals surface area contributed by atoms with Crippen molar-refractivity contribution in [3.05, 3.63) is 11.6 Å². The molecule has 0 spiro atoms. The Morgan fingerprint density at radius 1 is 1.50 bits per heavy atom. The van der Waals surface area contributed by atoms with Crippen LogP contribution in [-0.4, -0.2) is 48.8 Å². The molecule has 1 aromatic rings. The topological polar surface area (TPSA) is 76.6 Å². The fourth-order valence-corrected chi connectivity index (χ4v) is 5.01. The molecule has 1 aliphatic rings. The van der Waals surface area contributed by atoms with E-state index in [1.807, 2.05) is 20.8 Å². The Balaban J connectivity index is 1.98. The van der Waals surface area contributed by atoms with Crippen LogP contribution >= 0.6 is 11.3 Å². The van der Waals surface area contributed by atoms with Crippen LogP contribution in [-0.2, 0) is 14.6 Å². The number of carbonyl (C=O) groups excluding carboxylic acids is 1. The Morgan fingerprint density at radius 3 is 2.82 bits per heavy atom. The molecule has 0 aliphatic carbocycles. The monoisotopic (exact) mass is 346 g/mol. The summed E-state index contributed by atoms with van der Waals surface area (Å²) in [5, 5.41) is 1.65. The molecule has 6 nitrogen and oxygen atoms in total. The maximum atomic E-state index is 12.3. The Morgan fingerprint density at radius 2 is 2.23 bits per heavy atom. The van der Waals surface area contributed by atoms with Crippen molar-refractivity contribution in [1.29, 1.82) is 0 Å². The number of piperidine rings is 1. The van der Waals surface area contributed by atoms with E-state index in [2.05, 4.69) is 4.98 Å². The van der Waals surface area contributed by atoms with Gasteiger partial charge >= 0.3 is 6.09 Å². The molecular formula is C14H22N2O4S2. The van der Waals surface area contributed by atoms with Crippen LogP contribution in [0.3, 0.4) is 0 Å². The van der Waals surface area contributed by atoms with E-state index in [4.69, 9.17) is 4.74 Å². The lowest BCUT2D eigenvalue weighted by atomic mass is 10.0. The van der Waals surface area contributed by atoms with E-state index in [0.29, 0.717) is 13.1 Å². The minimum atomic E-state index is -3.37. The lowest BCUT2D eigenvalue weighted by molar-refractivity contribution is 0.0176. The number of ether oxygens (including phenoxy) is 1. The normalized spacial score (nSPS) is 20.0. The molecule has 0 N–H and O–H groups in total. The Bertz CT molecular complexity index is 605. The molecule has 2 rings (SSSR count). The maximum absolute atomic E-state index is 12.3. The zero-order chi connectivity index (χ0) is 16.4. The quantitative estimate of drug-likeness (QED) is 0.841. The van der Waals surface area contributed by atoms with Crippen molar-refractivity contribution in [3.8, 4) is 0 Å². The van der Waals surface area contributed by atoms with Crippen molar-refractivity contribution in [2.75, 3.05) is 18.8 Å². The minimum absolute atomic E-state index is 0.0276. The lowest BCUT2D eigenvalue weighted by Gasteiger charge is -2.33. The van der Waals surface area contributed by atoms with Gasteiger partial charge in [-0.05, 0) is 39.5 Å². The van der Waals surface area contributed by atoms with E-state index in [1.165, 1.54) is 6.20 Å². The summed E-state index contributed by atoms with van der Waals surface area (Å²) in [5.74, 6) is -0.0463. The predicted molar refractivity (Wildman–Crippen MR) is 84.7 cm³/mol. The number of hydrogen-bond acceptors (Lipinski definition) is 6. The molecule has 8 heteroatoms. The molecular weight excluding hydrogens is 324 g/mol. The minimum Gasteiger partial charge on any atom is -0.444 e. The molecule has 0 bridgehead atoms. The molecule has 2 heterocycles. The maximum Gasteiger partial charge on any atom is 0.410 e. The first kappa shape index (κ1) is 17.2. The highest BCUT2D eigenvalue weighted by atomic mass is 32.2. The third kappa shape index (κ3) is 4.67. The van der Waals surface area contributed by atoms with Crippen LogP contribution in [0.5, 0.6) is 0 Å². The summed E-state index contributed by atoms with van der Waals surface area (Å²) in [6.07, 6.45) is 2.70. The van der Waals surface area contributed by atoms with Gasteiger partial charge in [0.1, 0.15) is 5.60 Å². The smallest absolute Gasteiger partial charge is 0.410 e. The molecule has 1 fully saturated rings. The Labute approximate surface area is 135 Å². The summed E-state index contributed by atoms with van der Waals surface area (Å²) in [7, 11) is -3.37. The molecule has 1 aromatic heterocycles. The van der Waals surface area contributed by atoms with Crippen molar-refractivity contribution in [3.63, 3.8) is 0 Å². The summed E-state index contributed by atoms with van der Waals surface area (Å²) in [4.78, 5) is 17.6. The van der Waals surface area contributed by atoms with Gasteiger partial charge in [-0.15, -0.1) is 11.3 Å². The number of nitrogens with zero attached hydrogens (tertiary/aromatic N) is 2. The molecule has 1 aliphatic heterocycles. The number of rotatable bonds is 3. The average Bonchev–Trinajstić information content (AvgIpc) is 2.91. The van der Waals surface area contributed by atoms with Crippen molar-refractivity contribution < 1.29 is 17.9 Å². The van der Waals surface area contributed by atoms with E-state index in [-0.39, 0.29) is 22.1 Å². The SMILES string of the molecule is CC(C)(C)OC(=O)N1CCC[C@@H](CS(=O)(=O)c2nccs2)C1. The predicted octanol–water partition coefficient (Wildman–Crippen LogP) is 2.56. The number of carbonyl (C=O) groups is 1. The van der Waals surface area contributed by atoms with Gasteiger partial charge in [0.15, 0.2) is 0 Å². The molecule has 124 valence electrons. The van der Waals surface area contributed by atoms with E-state index >= 15 is 0 Å². The van der Waals surface area contributed by atoms with Crippen LogP contribution in [0.1, 0.15) is 33.6 Å². The van der Waals surface area contributed by atoms with Gasteiger partial charge in [0.2, 0.25) is 14.2 Å². The molecule has 0 unspecified atom stereocenters. The fourth-order valence-electron chi connectivity index (χ4n) is 2.44. The summed E-state index contributed by atoms with van der Waals surface area (Å²) in [5.41, 5.74) is -0.545. The first-order valence-electron chi connectivity index (χ1n) is 7.27. The third-order valence-electron chi connectivity index (χ3n) is 3.30. The van der Waals surface area contributed by atoms with Gasteiger partial charge in [0.25, 0.3) is 0 Å². The number of amides is 1. The third-order valence-corrected chi connectivity index (χ3v) is 6.46. The summed E-state index contributed by atoms with van der Waals surface area (Å²) >= 11 is 1.13. The van der Waals surface area contributed by atoms with Crippen LogP contribution in [0.2, 0.25) is 0 Å². The molecule has 22 heavy (non-hydrogen) atoms. The molecule has 1 amide bonds. The highest BCUT2D eigenvalue weighted by molar-refractivity contribution is 7.93. The van der Waals surface area contributed by atoms with Gasteiger partial charge in [-0.2, -0.15) is 0 Å². The van der Waals surface area contributed by atoms with Gasteiger partial charge < -0.3 is 9.64 Å². The first-order valence-corrected chi connectivity index (χ1v) is 9.81. The van der Waals surface area contributed by atoms with E-state index in [0.717, 1.165) is 24.2 Å². The largest absolute Gasteiger partial charge is 0.444 e. The van der Waals surface area contributed by atoms with Crippen LogP contribution < -0.4 is 0 Å². The van der Waals surface area contributed by atoms with E-state index < -0.39 is 15.4 Å². The fraction of sp³-hybridized carbons (Fsp3) is 0.714. The highest BCUT2D eigenvalue weighted by Gasteiger charge is 2.31. The zero-order valence-corrected chi connectivity index (χ0v) is 14.7. The summed E-state index contributed by atoms with van der Waals surface area (Å²) < 4.78 is 30.1. The van der Waals surface area contributed by atoms with E-state index in [1.54, 1.807) is 10.3 Å². The zero-order valence-electron chi connectivity index (χ0n) is 13.1. The lowest BCUT2D eigenvalue weighted by Crippen LogP contribution is -2.44. The van der Waals surface area contributed by atoms with Crippen molar-refractivity contribution in [2.24, 2.45) is 5.92 Å². The van der Waals surface area contributed by atoms with Crippen LogP contribution in [0.4, 0.5) is 4.79 Å². The number of aromatic nitrogens is 1. The van der Waals surface area contributed by atoms with E-state index in [9.17, 15) is 13.2 Å².